The van der Waals surface area contributed by atoms with Crippen LogP contribution in [0.4, 0.5) is 6.01 Å². The topological polar surface area (TPSA) is 99.0 Å². The second-order valence-electron chi connectivity index (χ2n) is 4.31. The summed E-state index contributed by atoms with van der Waals surface area (Å²) < 4.78 is 7.07. The SMILES string of the molecule is NC(=O)c1[c]cn(CCNc2nc3cc(Cl)ccc3o2)n1. The van der Waals surface area contributed by atoms with E-state index in [0.717, 1.165) is 0 Å². The number of benzene rings is 1. The summed E-state index contributed by atoms with van der Waals surface area (Å²) in [6.45, 7) is 1.04. The van der Waals surface area contributed by atoms with Crippen molar-refractivity contribution in [2.45, 2.75) is 6.54 Å². The van der Waals surface area contributed by atoms with Crippen molar-refractivity contribution in [3.63, 3.8) is 0 Å². The zero-order valence-corrected chi connectivity index (χ0v) is 11.6. The van der Waals surface area contributed by atoms with Crippen LogP contribution in [-0.2, 0) is 6.54 Å². The fourth-order valence-corrected chi connectivity index (χ4v) is 1.98. The van der Waals surface area contributed by atoms with Gasteiger partial charge in [0.15, 0.2) is 11.3 Å². The molecule has 2 heterocycles. The van der Waals surface area contributed by atoms with E-state index >= 15 is 0 Å². The van der Waals surface area contributed by atoms with Crippen molar-refractivity contribution in [2.24, 2.45) is 5.73 Å². The van der Waals surface area contributed by atoms with Crippen LogP contribution in [0, 0.1) is 6.07 Å². The lowest BCUT2D eigenvalue weighted by Gasteiger charge is -2.01. The Labute approximate surface area is 124 Å². The number of hydrogen-bond donors (Lipinski definition) is 2. The number of nitrogens with one attached hydrogen (secondary N) is 1. The Kier molecular flexibility index (Phi) is 3.49. The summed E-state index contributed by atoms with van der Waals surface area (Å²) in [6, 6.07) is 8.31. The predicted octanol–water partition coefficient (Wildman–Crippen LogP) is 1.69. The lowest BCUT2D eigenvalue weighted by molar-refractivity contribution is 0.0994. The van der Waals surface area contributed by atoms with Crippen LogP contribution in [0.15, 0.2) is 28.8 Å². The number of nitrogens with zero attached hydrogens (tertiary/aromatic N) is 3. The maximum absolute atomic E-state index is 10.9. The van der Waals surface area contributed by atoms with E-state index in [2.05, 4.69) is 21.5 Å². The van der Waals surface area contributed by atoms with E-state index in [9.17, 15) is 4.79 Å². The summed E-state index contributed by atoms with van der Waals surface area (Å²) >= 11 is 5.89. The molecule has 7 nitrogen and oxygen atoms in total. The van der Waals surface area contributed by atoms with E-state index < -0.39 is 5.91 Å². The molecule has 107 valence electrons. The van der Waals surface area contributed by atoms with E-state index in [1.54, 1.807) is 29.1 Å². The minimum Gasteiger partial charge on any atom is -0.424 e. The lowest BCUT2D eigenvalue weighted by Crippen LogP contribution is -2.15. The highest BCUT2D eigenvalue weighted by atomic mass is 35.5. The highest BCUT2D eigenvalue weighted by Crippen LogP contribution is 2.22. The van der Waals surface area contributed by atoms with Crippen LogP contribution in [0.2, 0.25) is 5.02 Å². The molecule has 0 aliphatic rings. The van der Waals surface area contributed by atoms with E-state index in [-0.39, 0.29) is 5.69 Å². The number of halogens is 1. The van der Waals surface area contributed by atoms with E-state index in [4.69, 9.17) is 21.8 Å². The van der Waals surface area contributed by atoms with Gasteiger partial charge in [0.2, 0.25) is 0 Å². The Balaban J connectivity index is 1.62. The van der Waals surface area contributed by atoms with Crippen molar-refractivity contribution >= 4 is 34.6 Å². The van der Waals surface area contributed by atoms with Crippen molar-refractivity contribution in [2.75, 3.05) is 11.9 Å². The normalized spacial score (nSPS) is 10.9. The predicted molar refractivity (Wildman–Crippen MR) is 77.1 cm³/mol. The number of anilines is 1. The highest BCUT2D eigenvalue weighted by molar-refractivity contribution is 6.31. The Morgan fingerprint density at radius 3 is 3.14 bits per heavy atom. The van der Waals surface area contributed by atoms with Gasteiger partial charge in [0, 0.05) is 23.8 Å². The van der Waals surface area contributed by atoms with Crippen molar-refractivity contribution in [1.29, 1.82) is 0 Å². The molecule has 3 rings (SSSR count). The number of hydrogen-bond acceptors (Lipinski definition) is 5. The van der Waals surface area contributed by atoms with E-state index in [0.29, 0.717) is 35.2 Å². The molecule has 8 heteroatoms. The van der Waals surface area contributed by atoms with Gasteiger partial charge in [0.05, 0.1) is 6.54 Å². The minimum absolute atomic E-state index is 0.117. The number of nitrogens with two attached hydrogens (primary N) is 1. The van der Waals surface area contributed by atoms with Gasteiger partial charge in [0.1, 0.15) is 5.52 Å². The Hall–Kier alpha value is -2.54. The van der Waals surface area contributed by atoms with Gasteiger partial charge >= 0.3 is 0 Å². The van der Waals surface area contributed by atoms with Crippen molar-refractivity contribution < 1.29 is 9.21 Å². The van der Waals surface area contributed by atoms with Crippen LogP contribution in [0.3, 0.4) is 0 Å². The van der Waals surface area contributed by atoms with Crippen LogP contribution in [-0.4, -0.2) is 27.2 Å². The standard InChI is InChI=1S/C13H11ClN5O2/c14-8-1-2-11-10(7-8)17-13(21-11)16-4-6-19-5-3-9(18-19)12(15)20/h1-2,5,7H,4,6H2,(H2,15,20)(H,16,17). The summed E-state index contributed by atoms with van der Waals surface area (Å²) in [5.41, 5.74) is 6.57. The molecule has 0 bridgehead atoms. The van der Waals surface area contributed by atoms with Crippen molar-refractivity contribution in [3.8, 4) is 0 Å². The molecule has 0 saturated carbocycles. The monoisotopic (exact) mass is 304 g/mol. The van der Waals surface area contributed by atoms with Crippen LogP contribution < -0.4 is 11.1 Å². The fraction of sp³-hybridized carbons (Fsp3) is 0.154. The lowest BCUT2D eigenvalue weighted by atomic mass is 10.3. The molecule has 0 unspecified atom stereocenters. The van der Waals surface area contributed by atoms with Crippen LogP contribution in [0.25, 0.3) is 11.1 Å². The van der Waals surface area contributed by atoms with Gasteiger partial charge in [-0.1, -0.05) is 11.6 Å². The van der Waals surface area contributed by atoms with Gasteiger partial charge in [-0.2, -0.15) is 10.1 Å². The molecule has 3 N–H and O–H groups in total. The van der Waals surface area contributed by atoms with Crippen LogP contribution >= 0.6 is 11.6 Å². The molecule has 0 spiro atoms. The van der Waals surface area contributed by atoms with Gasteiger partial charge < -0.3 is 15.5 Å². The van der Waals surface area contributed by atoms with Gasteiger partial charge in [-0.15, -0.1) is 0 Å². The quantitative estimate of drug-likeness (QED) is 0.747. The van der Waals surface area contributed by atoms with Gasteiger partial charge in [-0.25, -0.2) is 0 Å². The number of primary amides is 1. The number of carbonyl (C=O) groups is 1. The Bertz CT molecular complexity index is 795. The number of rotatable bonds is 5. The van der Waals surface area contributed by atoms with Gasteiger partial charge in [0.25, 0.3) is 11.9 Å². The third kappa shape index (κ3) is 2.97. The van der Waals surface area contributed by atoms with Crippen molar-refractivity contribution in [3.05, 3.63) is 41.2 Å². The third-order valence-electron chi connectivity index (χ3n) is 2.78. The minimum atomic E-state index is -0.600. The Morgan fingerprint density at radius 1 is 1.52 bits per heavy atom. The molecule has 0 aliphatic heterocycles. The van der Waals surface area contributed by atoms with Gasteiger partial charge in [-0.05, 0) is 18.2 Å². The first-order valence-electron chi connectivity index (χ1n) is 6.17. The molecule has 3 aromatic rings. The molecular weight excluding hydrogens is 294 g/mol. The zero-order valence-electron chi connectivity index (χ0n) is 10.8. The van der Waals surface area contributed by atoms with Crippen molar-refractivity contribution in [1.82, 2.24) is 14.8 Å². The zero-order chi connectivity index (χ0) is 14.8. The molecule has 1 radical (unpaired) electrons. The summed E-state index contributed by atoms with van der Waals surface area (Å²) in [7, 11) is 0. The summed E-state index contributed by atoms with van der Waals surface area (Å²) in [5.74, 6) is -0.600. The first-order chi connectivity index (χ1) is 10.1. The van der Waals surface area contributed by atoms with E-state index in [1.165, 1.54) is 0 Å². The number of oxazole rings is 1. The molecule has 1 amide bonds. The second kappa shape index (κ2) is 5.45. The summed E-state index contributed by atoms with van der Waals surface area (Å²) in [5, 5.41) is 7.61. The number of aromatic nitrogens is 3. The number of amides is 1. The average molecular weight is 305 g/mol. The number of carbonyl (C=O) groups excluding carboxylic acids is 1. The highest BCUT2D eigenvalue weighted by Gasteiger charge is 2.07. The molecular formula is C13H11ClN5O2. The molecule has 0 atom stereocenters. The first-order valence-corrected chi connectivity index (χ1v) is 6.54. The van der Waals surface area contributed by atoms with Gasteiger partial charge in [-0.3, -0.25) is 9.48 Å². The maximum Gasteiger partial charge on any atom is 0.295 e. The summed E-state index contributed by atoms with van der Waals surface area (Å²) in [6.07, 6.45) is 1.56. The molecule has 2 aromatic heterocycles. The van der Waals surface area contributed by atoms with Crippen LogP contribution in [0.5, 0.6) is 0 Å². The molecule has 0 fully saturated rings. The second-order valence-corrected chi connectivity index (χ2v) is 4.74. The Morgan fingerprint density at radius 2 is 2.38 bits per heavy atom. The first kappa shape index (κ1) is 13.4. The third-order valence-corrected chi connectivity index (χ3v) is 3.01. The molecule has 0 saturated heterocycles. The smallest absolute Gasteiger partial charge is 0.295 e. The van der Waals surface area contributed by atoms with E-state index in [1.807, 2.05) is 0 Å². The maximum atomic E-state index is 10.9. The summed E-state index contributed by atoms with van der Waals surface area (Å²) in [4.78, 5) is 15.2. The fourth-order valence-electron chi connectivity index (χ4n) is 1.81. The number of fused-ring (bicyclic) bond motifs is 1. The largest absolute Gasteiger partial charge is 0.424 e. The average Bonchev–Trinajstić information content (AvgIpc) is 3.04. The molecule has 0 aliphatic carbocycles. The molecule has 1 aromatic carbocycles. The van der Waals surface area contributed by atoms with Crippen LogP contribution in [0.1, 0.15) is 10.5 Å². The molecule has 21 heavy (non-hydrogen) atoms.